The van der Waals surface area contributed by atoms with Gasteiger partial charge in [-0.1, -0.05) is 38.8 Å². The van der Waals surface area contributed by atoms with Crippen LogP contribution in [0, 0.1) is 0 Å². The van der Waals surface area contributed by atoms with Crippen LogP contribution in [-0.4, -0.2) is 42.9 Å². The Labute approximate surface area is 271 Å². The van der Waals surface area contributed by atoms with Crippen LogP contribution >= 0.6 is 0 Å². The number of nitrogens with zero attached hydrogens (tertiary/aromatic N) is 1. The Morgan fingerprint density at radius 2 is 1.77 bits per heavy atom. The smallest absolute Gasteiger partial charge is 0.417 e. The second-order valence-corrected chi connectivity index (χ2v) is 12.2. The number of nitrogens with one attached hydrogen (secondary N) is 1. The summed E-state index contributed by atoms with van der Waals surface area (Å²) in [7, 11) is 0. The molecule has 3 amide bonds. The molecule has 1 N–H and O–H groups in total. The Morgan fingerprint density at radius 3 is 2.43 bits per heavy atom. The predicted molar refractivity (Wildman–Crippen MR) is 168 cm³/mol. The number of carbonyl (C=O) groups is 2. The molecule has 0 bridgehead atoms. The van der Waals surface area contributed by atoms with Gasteiger partial charge in [0.15, 0.2) is 6.29 Å². The van der Waals surface area contributed by atoms with Gasteiger partial charge in [0.05, 0.1) is 18.8 Å². The highest BCUT2D eigenvalue weighted by atomic mass is 19.4. The van der Waals surface area contributed by atoms with Gasteiger partial charge >= 0.3 is 17.8 Å². The van der Waals surface area contributed by atoms with Crippen molar-refractivity contribution in [1.29, 1.82) is 0 Å². The Morgan fingerprint density at radius 1 is 1.02 bits per heavy atom. The summed E-state index contributed by atoms with van der Waals surface area (Å²) in [4.78, 5) is 39.7. The van der Waals surface area contributed by atoms with E-state index >= 15 is 0 Å². The average molecular weight is 659 g/mol. The normalized spacial score (nSPS) is 20.1. The first-order valence-corrected chi connectivity index (χ1v) is 16.3. The van der Waals surface area contributed by atoms with E-state index in [2.05, 4.69) is 5.32 Å². The molecule has 12 heteroatoms. The van der Waals surface area contributed by atoms with Gasteiger partial charge in [0.2, 0.25) is 0 Å². The highest BCUT2D eigenvalue weighted by Gasteiger charge is 2.48. The fourth-order valence-corrected chi connectivity index (χ4v) is 6.22. The van der Waals surface area contributed by atoms with Crippen molar-refractivity contribution in [2.75, 3.05) is 19.8 Å². The number of hydrogen-bond donors (Lipinski definition) is 1. The Kier molecular flexibility index (Phi) is 10.5. The third-order valence-electron chi connectivity index (χ3n) is 8.62. The van der Waals surface area contributed by atoms with Gasteiger partial charge in [-0.2, -0.15) is 13.2 Å². The van der Waals surface area contributed by atoms with Gasteiger partial charge in [0.1, 0.15) is 22.6 Å². The number of ether oxygens (including phenoxy) is 3. The quantitative estimate of drug-likeness (QED) is 0.117. The average Bonchev–Trinajstić information content (AvgIpc) is 3.26. The number of unbranched alkanes of at least 4 members (excludes halogenated alkanes) is 1. The van der Waals surface area contributed by atoms with E-state index in [4.69, 9.17) is 18.6 Å². The van der Waals surface area contributed by atoms with E-state index in [1.54, 1.807) is 31.2 Å². The molecule has 0 aliphatic carbocycles. The number of carbonyl (C=O) groups excluding carboxylic acids is 2. The van der Waals surface area contributed by atoms with E-state index in [0.29, 0.717) is 79.4 Å². The molecule has 5 rings (SSSR count). The lowest BCUT2D eigenvalue weighted by atomic mass is 9.92. The number of aryl methyl sites for hydroxylation is 2. The van der Waals surface area contributed by atoms with E-state index in [9.17, 15) is 27.6 Å². The molecule has 2 aliphatic rings. The first-order chi connectivity index (χ1) is 22.5. The van der Waals surface area contributed by atoms with Crippen LogP contribution in [0.25, 0.3) is 11.0 Å². The second-order valence-electron chi connectivity index (χ2n) is 12.2. The molecule has 3 aromatic rings. The molecule has 47 heavy (non-hydrogen) atoms. The molecule has 0 saturated carbocycles. The summed E-state index contributed by atoms with van der Waals surface area (Å²) in [6, 6.07) is 8.47. The number of imide groups is 1. The fourth-order valence-electron chi connectivity index (χ4n) is 6.22. The van der Waals surface area contributed by atoms with Crippen LogP contribution in [0.15, 0.2) is 45.6 Å². The van der Waals surface area contributed by atoms with E-state index < -0.39 is 28.9 Å². The van der Waals surface area contributed by atoms with Crippen molar-refractivity contribution in [3.8, 4) is 11.5 Å². The summed E-state index contributed by atoms with van der Waals surface area (Å²) in [5.74, 6) is 0.679. The van der Waals surface area contributed by atoms with E-state index in [1.165, 1.54) is 11.0 Å². The molecular formula is C35H41F3N2O7. The van der Waals surface area contributed by atoms with Crippen LogP contribution in [-0.2, 0) is 34.1 Å². The zero-order chi connectivity index (χ0) is 33.8. The van der Waals surface area contributed by atoms with Crippen molar-refractivity contribution in [3.63, 3.8) is 0 Å². The molecule has 2 aliphatic heterocycles. The van der Waals surface area contributed by atoms with Crippen molar-refractivity contribution in [3.05, 3.63) is 69.1 Å². The SMILES string of the molecule is CCCc1cc2c(C(F)(F)F)cc(=O)oc2c(CCC)c1OCCCCN1C(=O)NC(C)(c2ccc(OC3CCCCO3)cc2)C1=O. The number of halogens is 3. The van der Waals surface area contributed by atoms with Crippen LogP contribution in [0.3, 0.4) is 0 Å². The number of benzene rings is 2. The van der Waals surface area contributed by atoms with Gasteiger partial charge in [0, 0.05) is 30.0 Å². The maximum absolute atomic E-state index is 13.9. The van der Waals surface area contributed by atoms with Gasteiger partial charge in [-0.15, -0.1) is 0 Å². The molecule has 254 valence electrons. The minimum atomic E-state index is -4.72. The van der Waals surface area contributed by atoms with Crippen LogP contribution in [0.1, 0.15) is 88.0 Å². The van der Waals surface area contributed by atoms with Crippen LogP contribution < -0.4 is 20.4 Å². The van der Waals surface area contributed by atoms with Crippen molar-refractivity contribution in [2.45, 2.75) is 96.6 Å². The molecule has 2 fully saturated rings. The van der Waals surface area contributed by atoms with E-state index in [0.717, 1.165) is 19.3 Å². The van der Waals surface area contributed by atoms with Gasteiger partial charge in [-0.25, -0.2) is 9.59 Å². The minimum Gasteiger partial charge on any atom is -0.493 e. The minimum absolute atomic E-state index is 0.109. The number of amides is 3. The Balaban J connectivity index is 1.24. The number of urea groups is 1. The summed E-state index contributed by atoms with van der Waals surface area (Å²) in [6.07, 6.45) is 0.854. The zero-order valence-corrected chi connectivity index (χ0v) is 27.0. The first kappa shape index (κ1) is 34.3. The van der Waals surface area contributed by atoms with Crippen LogP contribution in [0.4, 0.5) is 18.0 Å². The van der Waals surface area contributed by atoms with Crippen LogP contribution in [0.2, 0.25) is 0 Å². The third kappa shape index (κ3) is 7.42. The van der Waals surface area contributed by atoms with Crippen LogP contribution in [0.5, 0.6) is 11.5 Å². The van der Waals surface area contributed by atoms with Gasteiger partial charge in [-0.3, -0.25) is 9.69 Å². The lowest BCUT2D eigenvalue weighted by Gasteiger charge is -2.25. The summed E-state index contributed by atoms with van der Waals surface area (Å²) < 4.78 is 64.6. The van der Waals surface area contributed by atoms with Gasteiger partial charge in [0.25, 0.3) is 5.91 Å². The van der Waals surface area contributed by atoms with Crippen molar-refractivity contribution in [2.24, 2.45) is 0 Å². The van der Waals surface area contributed by atoms with Crippen molar-refractivity contribution < 1.29 is 41.4 Å². The lowest BCUT2D eigenvalue weighted by molar-refractivity contribution is -0.136. The topological polar surface area (TPSA) is 107 Å². The summed E-state index contributed by atoms with van der Waals surface area (Å²) in [5.41, 5.74) is -1.77. The largest absolute Gasteiger partial charge is 0.493 e. The molecule has 9 nitrogen and oxygen atoms in total. The molecular weight excluding hydrogens is 617 g/mol. The molecule has 2 atom stereocenters. The van der Waals surface area contributed by atoms with E-state index in [-0.39, 0.29) is 36.3 Å². The molecule has 2 saturated heterocycles. The molecule has 0 spiro atoms. The summed E-state index contributed by atoms with van der Waals surface area (Å²) >= 11 is 0. The second kappa shape index (κ2) is 14.4. The number of fused-ring (bicyclic) bond motifs is 1. The molecule has 0 radical (unpaired) electrons. The van der Waals surface area contributed by atoms with Gasteiger partial charge < -0.3 is 23.9 Å². The summed E-state index contributed by atoms with van der Waals surface area (Å²) in [6.45, 7) is 6.49. The molecule has 3 heterocycles. The number of alkyl halides is 3. The summed E-state index contributed by atoms with van der Waals surface area (Å²) in [5, 5.41) is 2.66. The monoisotopic (exact) mass is 658 g/mol. The Hall–Kier alpha value is -4.06. The van der Waals surface area contributed by atoms with Crippen molar-refractivity contribution in [1.82, 2.24) is 10.2 Å². The predicted octanol–water partition coefficient (Wildman–Crippen LogP) is 7.25. The van der Waals surface area contributed by atoms with Crippen molar-refractivity contribution >= 4 is 22.9 Å². The highest BCUT2D eigenvalue weighted by Crippen LogP contribution is 2.40. The molecule has 2 unspecified atom stereocenters. The first-order valence-electron chi connectivity index (χ1n) is 16.3. The third-order valence-corrected chi connectivity index (χ3v) is 8.62. The molecule has 1 aromatic heterocycles. The molecule has 2 aromatic carbocycles. The number of rotatable bonds is 13. The lowest BCUT2D eigenvalue weighted by Crippen LogP contribution is -2.41. The standard InChI is InChI=1S/C35H41F3N2O7/c1-4-10-22-20-26-27(35(36,37)38)21-28(41)47-31(26)25(11-5-2)30(22)45-19-9-7-17-40-32(42)34(3,39-33(40)43)23-13-15-24(16-14-23)46-29-12-6-8-18-44-29/h13-16,20-21,29H,4-12,17-19H2,1-3H3,(H,39,43). The maximum Gasteiger partial charge on any atom is 0.417 e. The zero-order valence-electron chi connectivity index (χ0n) is 27.0. The van der Waals surface area contributed by atoms with E-state index in [1.807, 2.05) is 13.8 Å². The highest BCUT2D eigenvalue weighted by molar-refractivity contribution is 6.07. The maximum atomic E-state index is 13.9. The fraction of sp³-hybridized carbons (Fsp3) is 0.514. The van der Waals surface area contributed by atoms with Gasteiger partial charge in [-0.05, 0) is 74.8 Å². The number of hydrogen-bond acceptors (Lipinski definition) is 7. The Bertz CT molecular complexity index is 1650.